The third kappa shape index (κ3) is 6.60. The van der Waals surface area contributed by atoms with Gasteiger partial charge in [-0.15, -0.1) is 11.3 Å². The summed E-state index contributed by atoms with van der Waals surface area (Å²) in [5.74, 6) is 0.487. The number of amides is 1. The third-order valence-electron chi connectivity index (χ3n) is 6.11. The molecule has 1 amide bonds. The van der Waals surface area contributed by atoms with Gasteiger partial charge in [-0.25, -0.2) is 9.97 Å². The van der Waals surface area contributed by atoms with Crippen molar-refractivity contribution in [2.45, 2.75) is 20.1 Å². The molecule has 10 heteroatoms. The van der Waals surface area contributed by atoms with Gasteiger partial charge in [0.2, 0.25) is 5.95 Å². The summed E-state index contributed by atoms with van der Waals surface area (Å²) < 4.78 is 1.06. The van der Waals surface area contributed by atoms with Crippen LogP contribution in [0.1, 0.15) is 35.3 Å². The molecule has 2 aromatic carbocycles. The Labute approximate surface area is 221 Å². The number of fused-ring (bicyclic) bond motifs is 3. The molecule has 0 bridgehead atoms. The maximum atomic E-state index is 12.8. The second-order valence-electron chi connectivity index (χ2n) is 8.66. The third-order valence-corrected chi connectivity index (χ3v) is 7.27. The van der Waals surface area contributed by atoms with Crippen LogP contribution in [-0.2, 0) is 0 Å². The number of carbonyl (C=O) groups is 1. The predicted molar refractivity (Wildman–Crippen MR) is 152 cm³/mol. The molecule has 196 valence electrons. The van der Waals surface area contributed by atoms with Crippen LogP contribution >= 0.6 is 11.3 Å². The van der Waals surface area contributed by atoms with Crippen LogP contribution in [0.3, 0.4) is 0 Å². The van der Waals surface area contributed by atoms with E-state index in [0.717, 1.165) is 51.2 Å². The molecule has 9 nitrogen and oxygen atoms in total. The molecule has 4 rings (SSSR count). The van der Waals surface area contributed by atoms with Crippen LogP contribution < -0.4 is 21.3 Å². The van der Waals surface area contributed by atoms with E-state index >= 15 is 0 Å². The molecular weight excluding hydrogens is 486 g/mol. The largest absolute Gasteiger partial charge is 0.373 e. The fourth-order valence-electron chi connectivity index (χ4n) is 4.06. The lowest BCUT2D eigenvalue weighted by molar-refractivity contribution is 0.0766. The topological polar surface area (TPSA) is 114 Å². The standard InChI is InChI=1S/C27H35N7O2S/c1-4-29-12-13-30-25(35)23-16-21-22(37-23)11-8-19-17-31-27(33-24(19)21)32-20-9-6-18(7-10-20)26(36)34(5-2)15-14-28-3/h6-11,16-17,25,28-30,35H,4-5,12-15H2,1-3H3,(H,31,32,33). The number of benzene rings is 2. The van der Waals surface area contributed by atoms with E-state index in [1.54, 1.807) is 17.5 Å². The summed E-state index contributed by atoms with van der Waals surface area (Å²) in [6.45, 7) is 8.50. The van der Waals surface area contributed by atoms with Crippen molar-refractivity contribution in [3.8, 4) is 0 Å². The maximum absolute atomic E-state index is 12.8. The summed E-state index contributed by atoms with van der Waals surface area (Å²) in [6.07, 6.45) is 1.07. The van der Waals surface area contributed by atoms with E-state index < -0.39 is 6.23 Å². The SMILES string of the molecule is CCNCCNC(O)c1cc2c(ccc3cnc(Nc4ccc(C(=O)N(CC)CCNC)cc4)nc32)s1. The van der Waals surface area contributed by atoms with Crippen molar-refractivity contribution in [3.63, 3.8) is 0 Å². The Morgan fingerprint density at radius 1 is 1.11 bits per heavy atom. The van der Waals surface area contributed by atoms with Crippen LogP contribution in [0.4, 0.5) is 11.6 Å². The molecule has 2 aromatic heterocycles. The first-order valence-corrected chi connectivity index (χ1v) is 13.5. The number of rotatable bonds is 13. The first kappa shape index (κ1) is 26.9. The highest BCUT2D eigenvalue weighted by molar-refractivity contribution is 7.19. The Morgan fingerprint density at radius 2 is 1.92 bits per heavy atom. The van der Waals surface area contributed by atoms with E-state index in [0.29, 0.717) is 31.1 Å². The normalized spacial score (nSPS) is 12.2. The van der Waals surface area contributed by atoms with Crippen LogP contribution in [-0.4, -0.2) is 72.2 Å². The molecule has 1 atom stereocenters. The van der Waals surface area contributed by atoms with Gasteiger partial charge in [-0.2, -0.15) is 0 Å². The number of hydrogen-bond donors (Lipinski definition) is 5. The van der Waals surface area contributed by atoms with Gasteiger partial charge in [0, 0.05) is 70.5 Å². The average molecular weight is 522 g/mol. The Morgan fingerprint density at radius 3 is 2.65 bits per heavy atom. The Bertz CT molecular complexity index is 1330. The lowest BCUT2D eigenvalue weighted by atomic mass is 10.1. The van der Waals surface area contributed by atoms with Gasteiger partial charge in [-0.3, -0.25) is 10.1 Å². The van der Waals surface area contributed by atoms with Crippen molar-refractivity contribution in [1.82, 2.24) is 30.8 Å². The van der Waals surface area contributed by atoms with Gasteiger partial charge in [-0.1, -0.05) is 6.92 Å². The molecular formula is C27H35N7O2S. The first-order chi connectivity index (χ1) is 18.0. The molecule has 0 radical (unpaired) electrons. The Kier molecular flexibility index (Phi) is 9.37. The van der Waals surface area contributed by atoms with Gasteiger partial charge >= 0.3 is 0 Å². The maximum Gasteiger partial charge on any atom is 0.253 e. The molecule has 0 aliphatic rings. The summed E-state index contributed by atoms with van der Waals surface area (Å²) in [5, 5.41) is 25.2. The van der Waals surface area contributed by atoms with Gasteiger partial charge in [0.05, 0.1) is 5.52 Å². The lowest BCUT2D eigenvalue weighted by Gasteiger charge is -2.20. The van der Waals surface area contributed by atoms with E-state index in [9.17, 15) is 9.90 Å². The molecule has 0 spiro atoms. The number of carbonyl (C=O) groups excluding carboxylic acids is 1. The molecule has 5 N–H and O–H groups in total. The highest BCUT2D eigenvalue weighted by Crippen LogP contribution is 2.33. The fraction of sp³-hybridized carbons (Fsp3) is 0.370. The van der Waals surface area contributed by atoms with Gasteiger partial charge in [0.15, 0.2) is 0 Å². The smallest absolute Gasteiger partial charge is 0.253 e. The number of nitrogens with zero attached hydrogens (tertiary/aromatic N) is 3. The molecule has 4 aromatic rings. The first-order valence-electron chi connectivity index (χ1n) is 12.7. The molecule has 37 heavy (non-hydrogen) atoms. The zero-order chi connectivity index (χ0) is 26.2. The van der Waals surface area contributed by atoms with Crippen LogP contribution in [0.25, 0.3) is 21.0 Å². The van der Waals surface area contributed by atoms with Crippen LogP contribution in [0.15, 0.2) is 48.7 Å². The summed E-state index contributed by atoms with van der Waals surface area (Å²) in [7, 11) is 1.88. The number of aliphatic hydroxyl groups excluding tert-OH is 1. The molecule has 0 aliphatic carbocycles. The predicted octanol–water partition coefficient (Wildman–Crippen LogP) is 3.46. The van der Waals surface area contributed by atoms with Crippen molar-refractivity contribution in [3.05, 3.63) is 59.1 Å². The monoisotopic (exact) mass is 521 g/mol. The van der Waals surface area contributed by atoms with Crippen LogP contribution in [0, 0.1) is 0 Å². The van der Waals surface area contributed by atoms with E-state index in [1.165, 1.54) is 0 Å². The zero-order valence-corrected chi connectivity index (χ0v) is 22.4. The quantitative estimate of drug-likeness (QED) is 0.134. The summed E-state index contributed by atoms with van der Waals surface area (Å²) >= 11 is 1.55. The number of likely N-dealkylation sites (N-methyl/N-ethyl adjacent to an activating group) is 3. The molecule has 1 unspecified atom stereocenters. The molecule has 0 saturated carbocycles. The van der Waals surface area contributed by atoms with Crippen LogP contribution in [0.2, 0.25) is 0 Å². The minimum atomic E-state index is -0.728. The van der Waals surface area contributed by atoms with Crippen LogP contribution in [0.5, 0.6) is 0 Å². The van der Waals surface area contributed by atoms with Crippen molar-refractivity contribution in [2.24, 2.45) is 0 Å². The molecule has 0 fully saturated rings. The Hall–Kier alpha value is -3.15. The molecule has 0 aliphatic heterocycles. The van der Waals surface area contributed by atoms with Crippen molar-refractivity contribution in [1.29, 1.82) is 0 Å². The molecule has 0 saturated heterocycles. The lowest BCUT2D eigenvalue weighted by Crippen LogP contribution is -2.35. The number of aliphatic hydroxyl groups is 1. The molecule has 2 heterocycles. The second kappa shape index (κ2) is 12.9. The van der Waals surface area contributed by atoms with Crippen molar-refractivity contribution < 1.29 is 9.90 Å². The average Bonchev–Trinajstić information content (AvgIpc) is 3.37. The zero-order valence-electron chi connectivity index (χ0n) is 21.5. The van der Waals surface area contributed by atoms with Gasteiger partial charge in [-0.05, 0) is 63.0 Å². The van der Waals surface area contributed by atoms with E-state index in [-0.39, 0.29) is 5.91 Å². The Balaban J connectivity index is 1.50. The number of thiophene rings is 1. The summed E-state index contributed by atoms with van der Waals surface area (Å²) in [4.78, 5) is 24.7. The van der Waals surface area contributed by atoms with Crippen molar-refractivity contribution in [2.75, 3.05) is 51.6 Å². The summed E-state index contributed by atoms with van der Waals surface area (Å²) in [5.41, 5.74) is 2.27. The summed E-state index contributed by atoms with van der Waals surface area (Å²) in [6, 6.07) is 13.4. The highest BCUT2D eigenvalue weighted by Gasteiger charge is 2.15. The van der Waals surface area contributed by atoms with E-state index in [1.807, 2.05) is 61.3 Å². The van der Waals surface area contributed by atoms with Gasteiger partial charge < -0.3 is 26.0 Å². The minimum Gasteiger partial charge on any atom is -0.373 e. The number of nitrogens with one attached hydrogen (secondary N) is 4. The van der Waals surface area contributed by atoms with Gasteiger partial charge in [0.1, 0.15) is 6.23 Å². The van der Waals surface area contributed by atoms with E-state index in [2.05, 4.69) is 33.2 Å². The van der Waals surface area contributed by atoms with E-state index in [4.69, 9.17) is 4.98 Å². The highest BCUT2D eigenvalue weighted by atomic mass is 32.1. The van der Waals surface area contributed by atoms with Crippen molar-refractivity contribution >= 4 is 49.9 Å². The fourth-order valence-corrected chi connectivity index (χ4v) is 5.08. The number of aromatic nitrogens is 2. The number of anilines is 2. The van der Waals surface area contributed by atoms with Gasteiger partial charge in [0.25, 0.3) is 5.91 Å². The second-order valence-corrected chi connectivity index (χ2v) is 9.77. The minimum absolute atomic E-state index is 0.0141. The number of hydrogen-bond acceptors (Lipinski definition) is 9.